The summed E-state index contributed by atoms with van der Waals surface area (Å²) >= 11 is 0. The van der Waals surface area contributed by atoms with Crippen molar-refractivity contribution < 1.29 is 9.32 Å². The summed E-state index contributed by atoms with van der Waals surface area (Å²) in [6, 6.07) is 17.7. The van der Waals surface area contributed by atoms with Crippen LogP contribution in [0.3, 0.4) is 0 Å². The minimum Gasteiger partial charge on any atom is -0.354 e. The minimum absolute atomic E-state index is 0.0735. The van der Waals surface area contributed by atoms with Crippen LogP contribution in [0.4, 0.5) is 16.3 Å². The second kappa shape index (κ2) is 10.1. The van der Waals surface area contributed by atoms with Crippen molar-refractivity contribution in [3.63, 3.8) is 0 Å². The molecule has 0 spiro atoms. The first-order valence-corrected chi connectivity index (χ1v) is 12.2. The van der Waals surface area contributed by atoms with Crippen molar-refractivity contribution in [1.29, 1.82) is 0 Å². The molecule has 2 amide bonds. The third-order valence-corrected chi connectivity index (χ3v) is 6.35. The summed E-state index contributed by atoms with van der Waals surface area (Å²) in [5.74, 6) is 1.59. The van der Waals surface area contributed by atoms with Crippen LogP contribution in [0, 0.1) is 6.92 Å². The van der Waals surface area contributed by atoms with E-state index in [9.17, 15) is 4.79 Å². The molecule has 180 valence electrons. The third kappa shape index (κ3) is 4.82. The summed E-state index contributed by atoms with van der Waals surface area (Å²) in [6.45, 7) is 6.83. The fourth-order valence-corrected chi connectivity index (χ4v) is 4.48. The van der Waals surface area contributed by atoms with Gasteiger partial charge in [-0.1, -0.05) is 60.6 Å². The lowest BCUT2D eigenvalue weighted by Crippen LogP contribution is -2.38. The predicted octanol–water partition coefficient (Wildman–Crippen LogP) is 5.29. The fraction of sp³-hybridized carbons (Fsp3) is 0.333. The van der Waals surface area contributed by atoms with Crippen LogP contribution < -0.4 is 10.2 Å². The molecule has 8 nitrogen and oxygen atoms in total. The predicted molar refractivity (Wildman–Crippen MR) is 138 cm³/mol. The second-order valence-corrected chi connectivity index (χ2v) is 8.86. The van der Waals surface area contributed by atoms with Crippen LogP contribution in [0.25, 0.3) is 22.4 Å². The van der Waals surface area contributed by atoms with E-state index in [1.165, 1.54) is 0 Å². The number of aryl methyl sites for hydroxylation is 2. The number of carbonyl (C=O) groups excluding carboxylic acids is 1. The third-order valence-electron chi connectivity index (χ3n) is 6.35. The Hall–Kier alpha value is -3.94. The molecule has 0 unspecified atom stereocenters. The molecule has 0 bridgehead atoms. The van der Waals surface area contributed by atoms with E-state index in [1.54, 1.807) is 0 Å². The van der Waals surface area contributed by atoms with Crippen LogP contribution >= 0.6 is 0 Å². The summed E-state index contributed by atoms with van der Waals surface area (Å²) in [7, 11) is 0. The van der Waals surface area contributed by atoms with Crippen LogP contribution in [0.2, 0.25) is 0 Å². The van der Waals surface area contributed by atoms with E-state index in [-0.39, 0.29) is 6.03 Å². The lowest BCUT2D eigenvalue weighted by molar-refractivity contribution is 0.215. The van der Waals surface area contributed by atoms with Gasteiger partial charge < -0.3 is 19.6 Å². The average Bonchev–Trinajstić information content (AvgIpc) is 3.14. The van der Waals surface area contributed by atoms with E-state index in [4.69, 9.17) is 9.51 Å². The van der Waals surface area contributed by atoms with Gasteiger partial charge in [-0.2, -0.15) is 4.98 Å². The Morgan fingerprint density at radius 3 is 2.60 bits per heavy atom. The quantitative estimate of drug-likeness (QED) is 0.426. The Labute approximate surface area is 205 Å². The van der Waals surface area contributed by atoms with Crippen LogP contribution in [0.1, 0.15) is 31.2 Å². The Kier molecular flexibility index (Phi) is 6.61. The number of carbonyl (C=O) groups is 1. The molecule has 0 saturated carbocycles. The van der Waals surface area contributed by atoms with Gasteiger partial charge in [0.05, 0.1) is 0 Å². The highest BCUT2D eigenvalue weighted by Crippen LogP contribution is 2.34. The Balaban J connectivity index is 1.43. The maximum Gasteiger partial charge on any atom is 0.321 e. The van der Waals surface area contributed by atoms with Crippen molar-refractivity contribution in [2.24, 2.45) is 0 Å². The van der Waals surface area contributed by atoms with E-state index in [1.807, 2.05) is 66.4 Å². The van der Waals surface area contributed by atoms with Crippen LogP contribution in [0.15, 0.2) is 59.1 Å². The molecular weight excluding hydrogens is 440 g/mol. The SMILES string of the molecule is CCCc1nc(N2CCCN(C(=O)Nc3ccccc3C)CC2)c2c(-c3ccccc3)noc2n1. The first kappa shape index (κ1) is 22.8. The molecule has 35 heavy (non-hydrogen) atoms. The number of urea groups is 1. The molecule has 0 aliphatic carbocycles. The van der Waals surface area contributed by atoms with E-state index in [0.29, 0.717) is 25.3 Å². The van der Waals surface area contributed by atoms with Gasteiger partial charge in [0.1, 0.15) is 22.7 Å². The largest absolute Gasteiger partial charge is 0.354 e. The van der Waals surface area contributed by atoms with Gasteiger partial charge in [0.25, 0.3) is 5.71 Å². The number of hydrogen-bond donors (Lipinski definition) is 1. The second-order valence-electron chi connectivity index (χ2n) is 8.86. The van der Waals surface area contributed by atoms with Crippen LogP contribution in [-0.2, 0) is 6.42 Å². The molecule has 1 aliphatic rings. The van der Waals surface area contributed by atoms with Gasteiger partial charge in [-0.15, -0.1) is 0 Å². The number of fused-ring (bicyclic) bond motifs is 1. The Morgan fingerprint density at radius 1 is 1.00 bits per heavy atom. The molecule has 1 fully saturated rings. The molecule has 1 N–H and O–H groups in total. The lowest BCUT2D eigenvalue weighted by Gasteiger charge is -2.24. The highest BCUT2D eigenvalue weighted by atomic mass is 16.5. The van der Waals surface area contributed by atoms with Gasteiger partial charge in [-0.05, 0) is 31.4 Å². The van der Waals surface area contributed by atoms with E-state index >= 15 is 0 Å². The molecule has 8 heteroatoms. The molecule has 2 aromatic carbocycles. The minimum atomic E-state index is -0.0735. The zero-order chi connectivity index (χ0) is 24.2. The Bertz CT molecular complexity index is 1320. The monoisotopic (exact) mass is 470 g/mol. The number of para-hydroxylation sites is 1. The van der Waals surface area contributed by atoms with Gasteiger partial charge >= 0.3 is 6.03 Å². The molecule has 1 aliphatic heterocycles. The van der Waals surface area contributed by atoms with Gasteiger partial charge in [-0.3, -0.25) is 0 Å². The standard InChI is InChI=1S/C27H30N6O2/c1-3-10-22-29-25(23-24(31-35-26(23)30-22)20-12-5-4-6-13-20)32-15-9-16-33(18-17-32)27(34)28-21-14-8-7-11-19(21)2/h4-8,11-14H,3,9-10,15-18H2,1-2H3,(H,28,34). The number of nitrogens with zero attached hydrogens (tertiary/aromatic N) is 5. The first-order valence-electron chi connectivity index (χ1n) is 12.2. The van der Waals surface area contributed by atoms with E-state index in [0.717, 1.165) is 65.3 Å². The highest BCUT2D eigenvalue weighted by molar-refractivity contribution is 5.98. The van der Waals surface area contributed by atoms with Gasteiger partial charge in [0.15, 0.2) is 0 Å². The number of benzene rings is 2. The molecule has 5 rings (SSSR count). The lowest BCUT2D eigenvalue weighted by atomic mass is 10.1. The van der Waals surface area contributed by atoms with E-state index in [2.05, 4.69) is 27.3 Å². The summed E-state index contributed by atoms with van der Waals surface area (Å²) in [5.41, 5.74) is 4.11. The smallest absolute Gasteiger partial charge is 0.321 e. The highest BCUT2D eigenvalue weighted by Gasteiger charge is 2.26. The summed E-state index contributed by atoms with van der Waals surface area (Å²) < 4.78 is 5.69. The van der Waals surface area contributed by atoms with Crippen molar-refractivity contribution in [3.05, 3.63) is 66.0 Å². The van der Waals surface area contributed by atoms with Gasteiger partial charge in [0, 0.05) is 43.9 Å². The van der Waals surface area contributed by atoms with Crippen molar-refractivity contribution in [2.45, 2.75) is 33.1 Å². The van der Waals surface area contributed by atoms with Crippen molar-refractivity contribution in [3.8, 4) is 11.3 Å². The van der Waals surface area contributed by atoms with Gasteiger partial charge in [0.2, 0.25) is 0 Å². The molecule has 0 radical (unpaired) electrons. The summed E-state index contributed by atoms with van der Waals surface area (Å²) in [5, 5.41) is 8.26. The molecular formula is C27H30N6O2. The number of amides is 2. The molecule has 3 heterocycles. The number of nitrogens with one attached hydrogen (secondary N) is 1. The molecule has 0 atom stereocenters. The van der Waals surface area contributed by atoms with Crippen molar-refractivity contribution >= 4 is 28.6 Å². The maximum absolute atomic E-state index is 13.0. The maximum atomic E-state index is 13.0. The number of rotatable bonds is 5. The molecule has 1 saturated heterocycles. The van der Waals surface area contributed by atoms with E-state index < -0.39 is 0 Å². The topological polar surface area (TPSA) is 87.4 Å². The normalized spacial score (nSPS) is 14.2. The zero-order valence-electron chi connectivity index (χ0n) is 20.2. The fourth-order valence-electron chi connectivity index (χ4n) is 4.48. The number of anilines is 2. The van der Waals surface area contributed by atoms with Crippen molar-refractivity contribution in [1.82, 2.24) is 20.0 Å². The average molecular weight is 471 g/mol. The van der Waals surface area contributed by atoms with Crippen LogP contribution in [-0.4, -0.2) is 52.2 Å². The Morgan fingerprint density at radius 2 is 1.80 bits per heavy atom. The number of hydrogen-bond acceptors (Lipinski definition) is 6. The van der Waals surface area contributed by atoms with Crippen molar-refractivity contribution in [2.75, 3.05) is 36.4 Å². The zero-order valence-corrected chi connectivity index (χ0v) is 20.2. The van der Waals surface area contributed by atoms with Crippen LogP contribution in [0.5, 0.6) is 0 Å². The summed E-state index contributed by atoms with van der Waals surface area (Å²) in [6.07, 6.45) is 2.54. The summed E-state index contributed by atoms with van der Waals surface area (Å²) in [4.78, 5) is 26.7. The number of aromatic nitrogens is 3. The molecule has 2 aromatic heterocycles. The molecule has 4 aromatic rings. The van der Waals surface area contributed by atoms with Gasteiger partial charge in [-0.25, -0.2) is 9.78 Å². The first-order chi connectivity index (χ1) is 17.1.